The minimum atomic E-state index is -1.08. The van der Waals surface area contributed by atoms with E-state index in [9.17, 15) is 9.90 Å². The van der Waals surface area contributed by atoms with Gasteiger partial charge in [0.15, 0.2) is 0 Å². The van der Waals surface area contributed by atoms with Crippen LogP contribution in [0.25, 0.3) is 83.4 Å². The number of carbonyl (C=O) groups is 1. The Morgan fingerprint density at radius 3 is 1.97 bits per heavy atom. The van der Waals surface area contributed by atoms with Gasteiger partial charge in [0.2, 0.25) is 0 Å². The number of aryl methyl sites for hydroxylation is 2. The van der Waals surface area contributed by atoms with Crippen LogP contribution in [0, 0.1) is 13.8 Å². The van der Waals surface area contributed by atoms with E-state index in [1.807, 2.05) is 24.3 Å². The Balaban J connectivity index is 0.00000499. The quantitative estimate of drug-likeness (QED) is 0.180. The molecule has 60 heavy (non-hydrogen) atoms. The molecule has 302 valence electrons. The van der Waals surface area contributed by atoms with E-state index in [4.69, 9.17) is 15.0 Å². The Labute approximate surface area is 365 Å². The van der Waals surface area contributed by atoms with Crippen LogP contribution in [0.3, 0.4) is 0 Å². The van der Waals surface area contributed by atoms with Gasteiger partial charge in [0.1, 0.15) is 11.5 Å². The fourth-order valence-electron chi connectivity index (χ4n) is 8.29. The first kappa shape index (κ1) is 40.7. The molecule has 3 heterocycles. The topological polar surface area (TPSA) is 82.1 Å². The third kappa shape index (κ3) is 7.39. The van der Waals surface area contributed by atoms with Crippen molar-refractivity contribution in [1.82, 2.24) is 19.5 Å². The third-order valence-corrected chi connectivity index (χ3v) is 11.4. The van der Waals surface area contributed by atoms with Crippen LogP contribution in [0.15, 0.2) is 133 Å². The minimum Gasteiger partial charge on any atom is -0.656 e. The number of rotatable bonds is 6. The van der Waals surface area contributed by atoms with E-state index in [2.05, 4.69) is 163 Å². The van der Waals surface area contributed by atoms with Gasteiger partial charge in [0.25, 0.3) is 0 Å². The zero-order valence-electron chi connectivity index (χ0n) is 35.2. The van der Waals surface area contributed by atoms with Crippen LogP contribution in [-0.4, -0.2) is 25.6 Å². The number of para-hydroxylation sites is 1. The van der Waals surface area contributed by atoms with Crippen LogP contribution in [0.4, 0.5) is 0 Å². The van der Waals surface area contributed by atoms with Crippen LogP contribution >= 0.6 is 0 Å². The molecule has 0 saturated heterocycles. The summed E-state index contributed by atoms with van der Waals surface area (Å²) in [7, 11) is 0. The maximum atomic E-state index is 12.6. The standard InChI is InChI=1S/C53H48N4O2.Pt/c1-31-22-32(2)24-35(23-31)36-26-45(54-46(27-36)51(58)59)40-18-13-19-47-49(40)56-50(57(47)39-17-12-16-34(25-39)33-14-10-9-11-15-33)43-30-38(53(6,7)8)29-42-41-28-37(52(3,4)5)20-21-44(41)55-48(42)43;/h9-30H,1-8H3,(H2,54,55,56,58,59);/p-1. The summed E-state index contributed by atoms with van der Waals surface area (Å²) >= 11 is 0. The van der Waals surface area contributed by atoms with E-state index in [1.54, 1.807) is 6.07 Å². The molecule has 0 saturated carbocycles. The first-order valence-electron chi connectivity index (χ1n) is 20.2. The van der Waals surface area contributed by atoms with Gasteiger partial charge in [-0.2, -0.15) is 0 Å². The van der Waals surface area contributed by atoms with E-state index < -0.39 is 5.97 Å². The van der Waals surface area contributed by atoms with Gasteiger partial charge < -0.3 is 10.1 Å². The first-order valence-corrected chi connectivity index (χ1v) is 20.2. The molecule has 1 N–H and O–H groups in total. The van der Waals surface area contributed by atoms with Crippen molar-refractivity contribution >= 4 is 38.8 Å². The molecular formula is C53H47N4O2Pt-. The average molecular weight is 967 g/mol. The van der Waals surface area contributed by atoms with E-state index in [-0.39, 0.29) is 37.6 Å². The number of imidazole rings is 1. The number of hydrogen-bond acceptors (Lipinski definition) is 3. The smallest absolute Gasteiger partial charge is 0.354 e. The van der Waals surface area contributed by atoms with Gasteiger partial charge in [0, 0.05) is 37.9 Å². The van der Waals surface area contributed by atoms with Crippen molar-refractivity contribution in [3.63, 3.8) is 0 Å². The van der Waals surface area contributed by atoms with Gasteiger partial charge in [0.05, 0.1) is 16.7 Å². The molecule has 6 aromatic carbocycles. The van der Waals surface area contributed by atoms with E-state index in [0.717, 1.165) is 88.9 Å². The van der Waals surface area contributed by atoms with Crippen LogP contribution in [0.2, 0.25) is 0 Å². The summed E-state index contributed by atoms with van der Waals surface area (Å²) in [6.45, 7) is 17.6. The summed E-state index contributed by atoms with van der Waals surface area (Å²) in [6.07, 6.45) is 0. The molecule has 0 spiro atoms. The number of fused-ring (bicyclic) bond motifs is 4. The zero-order valence-corrected chi connectivity index (χ0v) is 37.4. The molecule has 0 amide bonds. The normalized spacial score (nSPS) is 12.0. The summed E-state index contributed by atoms with van der Waals surface area (Å²) < 4.78 is 2.23. The Kier molecular flexibility index (Phi) is 10.3. The third-order valence-electron chi connectivity index (χ3n) is 11.4. The summed E-state index contributed by atoms with van der Waals surface area (Å²) in [5.41, 5.74) is 14.9. The number of carboxylic acids is 1. The molecule has 0 atom stereocenters. The summed E-state index contributed by atoms with van der Waals surface area (Å²) in [5.74, 6) is -0.338. The Morgan fingerprint density at radius 2 is 1.27 bits per heavy atom. The van der Waals surface area contributed by atoms with Crippen molar-refractivity contribution in [2.75, 3.05) is 0 Å². The second-order valence-electron chi connectivity index (χ2n) is 17.9. The summed E-state index contributed by atoms with van der Waals surface area (Å²) in [5, 5.41) is 12.6. The molecule has 0 bridgehead atoms. The van der Waals surface area contributed by atoms with Gasteiger partial charge in [-0.1, -0.05) is 150 Å². The van der Waals surface area contributed by atoms with E-state index in [0.29, 0.717) is 5.69 Å². The van der Waals surface area contributed by atoms with E-state index in [1.165, 1.54) is 11.1 Å². The predicted octanol–water partition coefficient (Wildman–Crippen LogP) is 13.3. The number of benzene rings is 6. The molecule has 9 rings (SSSR count). The second-order valence-corrected chi connectivity index (χ2v) is 17.9. The Morgan fingerprint density at radius 1 is 0.600 bits per heavy atom. The number of aromatic nitrogens is 4. The van der Waals surface area contributed by atoms with Crippen molar-refractivity contribution < 1.29 is 31.0 Å². The number of nitrogens with zero attached hydrogens (tertiary/aromatic N) is 4. The molecule has 6 nitrogen and oxygen atoms in total. The summed E-state index contributed by atoms with van der Waals surface area (Å²) in [6, 6.07) is 46.2. The Bertz CT molecular complexity index is 3100. The van der Waals surface area contributed by atoms with Crippen molar-refractivity contribution in [2.24, 2.45) is 0 Å². The van der Waals surface area contributed by atoms with Gasteiger partial charge >= 0.3 is 5.97 Å². The van der Waals surface area contributed by atoms with Gasteiger partial charge in [-0.15, -0.1) is 11.0 Å². The fraction of sp³-hybridized carbons (Fsp3) is 0.189. The van der Waals surface area contributed by atoms with Crippen LogP contribution in [-0.2, 0) is 31.9 Å². The maximum Gasteiger partial charge on any atom is 0.354 e. The molecule has 0 radical (unpaired) electrons. The molecule has 0 aliphatic carbocycles. The average Bonchev–Trinajstić information content (AvgIpc) is 3.78. The molecule has 0 aliphatic heterocycles. The second kappa shape index (κ2) is 15.2. The molecule has 7 heteroatoms. The summed E-state index contributed by atoms with van der Waals surface area (Å²) in [4.78, 5) is 28.3. The number of pyridine rings is 1. The van der Waals surface area contributed by atoms with Crippen LogP contribution in [0.1, 0.15) is 74.3 Å². The molecule has 0 unspecified atom stereocenters. The molecule has 0 aliphatic rings. The van der Waals surface area contributed by atoms with Crippen LogP contribution in [0.5, 0.6) is 0 Å². The zero-order chi connectivity index (χ0) is 41.4. The number of hydrogen-bond donors (Lipinski definition) is 1. The molecule has 0 fully saturated rings. The Hall–Kier alpha value is -6.10. The van der Waals surface area contributed by atoms with Gasteiger partial charge in [-0.05, 0) is 105 Å². The monoisotopic (exact) mass is 966 g/mol. The minimum absolute atomic E-state index is 0. The molecular weight excluding hydrogens is 920 g/mol. The van der Waals surface area contributed by atoms with Crippen LogP contribution < -0.4 is 4.98 Å². The van der Waals surface area contributed by atoms with Gasteiger partial charge in [-0.25, -0.2) is 14.8 Å². The maximum absolute atomic E-state index is 12.6. The van der Waals surface area contributed by atoms with Crippen molar-refractivity contribution in [2.45, 2.75) is 66.2 Å². The van der Waals surface area contributed by atoms with Crippen molar-refractivity contribution in [1.29, 1.82) is 0 Å². The molecule has 9 aromatic rings. The number of aromatic carboxylic acids is 1. The van der Waals surface area contributed by atoms with E-state index >= 15 is 0 Å². The number of carboxylic acid groups (broad SMARTS) is 1. The predicted molar refractivity (Wildman–Crippen MR) is 243 cm³/mol. The van der Waals surface area contributed by atoms with Gasteiger partial charge in [-0.3, -0.25) is 4.57 Å². The first-order chi connectivity index (χ1) is 28.1. The largest absolute Gasteiger partial charge is 0.656 e. The van der Waals surface area contributed by atoms with Crippen molar-refractivity contribution in [3.8, 4) is 50.6 Å². The van der Waals surface area contributed by atoms with Crippen molar-refractivity contribution in [3.05, 3.63) is 161 Å². The SMILES string of the molecule is Cc1cc(C)cc(-c2cc(C(=O)O)nc(-c3cccc4c3nc(-c3cc(C(C)(C)C)cc5c3[n-]c3ccc(C(C)(C)C)cc35)n4-c3cccc(-c4ccccc4)c3)c2)c1.[Pt]. The molecule has 3 aromatic heterocycles. The fourth-order valence-corrected chi connectivity index (χ4v) is 8.29.